The minimum Gasteiger partial charge on any atom is -0.394 e. The molecule has 0 aliphatic carbocycles. The minimum atomic E-state index is -1.23. The van der Waals surface area contributed by atoms with E-state index in [0.717, 1.165) is 0 Å². The molecule has 0 spiro atoms. The molecule has 1 rings (SSSR count). The van der Waals surface area contributed by atoms with Crippen molar-refractivity contribution in [1.82, 2.24) is 4.90 Å². The standard InChI is InChI=1S/C12H19N3O5/c1-2-9(5-16)20-12(10(18)6-17)15-4-3-11(13)14-7-19-8-15/h1,3-4,9-10,12,16-18H,5-8H2,(H2,13,14). The second kappa shape index (κ2) is 8.52. The maximum atomic E-state index is 9.82. The summed E-state index contributed by atoms with van der Waals surface area (Å²) in [6.45, 7) is -0.834. The maximum Gasteiger partial charge on any atom is 0.161 e. The van der Waals surface area contributed by atoms with E-state index in [1.807, 2.05) is 0 Å². The SMILES string of the molecule is C#CC(CO)OC(C(O)CO)N1C=CC(N)=NCOC1. The first-order valence-electron chi connectivity index (χ1n) is 5.95. The predicted octanol–water partition coefficient (Wildman–Crippen LogP) is -2.21. The van der Waals surface area contributed by atoms with Gasteiger partial charge in [-0.15, -0.1) is 6.42 Å². The summed E-state index contributed by atoms with van der Waals surface area (Å²) in [4.78, 5) is 5.33. The van der Waals surface area contributed by atoms with Crippen LogP contribution < -0.4 is 5.73 Å². The van der Waals surface area contributed by atoms with E-state index in [9.17, 15) is 5.11 Å². The first kappa shape index (κ1) is 16.4. The third kappa shape index (κ3) is 4.80. The Morgan fingerprint density at radius 3 is 2.90 bits per heavy atom. The molecule has 8 heteroatoms. The lowest BCUT2D eigenvalue weighted by molar-refractivity contribution is -0.163. The van der Waals surface area contributed by atoms with Crippen molar-refractivity contribution in [3.8, 4) is 12.3 Å². The molecule has 3 atom stereocenters. The summed E-state index contributed by atoms with van der Waals surface area (Å²) in [5, 5.41) is 28.0. The van der Waals surface area contributed by atoms with Crippen molar-refractivity contribution in [2.24, 2.45) is 10.7 Å². The molecule has 0 saturated carbocycles. The average Bonchev–Trinajstić information content (AvgIpc) is 2.45. The topological polar surface area (TPSA) is 121 Å². The summed E-state index contributed by atoms with van der Waals surface area (Å²) < 4.78 is 10.6. The lowest BCUT2D eigenvalue weighted by Crippen LogP contribution is -2.48. The number of aliphatic hydroxyl groups excluding tert-OH is 3. The van der Waals surface area contributed by atoms with Gasteiger partial charge in [0, 0.05) is 6.20 Å². The molecular weight excluding hydrogens is 266 g/mol. The van der Waals surface area contributed by atoms with E-state index in [4.69, 9.17) is 31.8 Å². The average molecular weight is 285 g/mol. The van der Waals surface area contributed by atoms with E-state index < -0.39 is 31.6 Å². The van der Waals surface area contributed by atoms with E-state index in [1.54, 1.807) is 0 Å². The van der Waals surface area contributed by atoms with Crippen molar-refractivity contribution < 1.29 is 24.8 Å². The number of aliphatic hydroxyl groups is 3. The van der Waals surface area contributed by atoms with Crippen LogP contribution in [-0.2, 0) is 9.47 Å². The van der Waals surface area contributed by atoms with Crippen molar-refractivity contribution in [1.29, 1.82) is 0 Å². The zero-order chi connectivity index (χ0) is 15.0. The molecule has 0 radical (unpaired) electrons. The number of nitrogens with two attached hydrogens (primary N) is 1. The molecule has 0 aromatic heterocycles. The molecule has 0 bridgehead atoms. The summed E-state index contributed by atoms with van der Waals surface area (Å²) in [6.07, 6.45) is 5.07. The number of hydrogen-bond donors (Lipinski definition) is 4. The molecule has 112 valence electrons. The van der Waals surface area contributed by atoms with Gasteiger partial charge in [-0.1, -0.05) is 5.92 Å². The lowest BCUT2D eigenvalue weighted by Gasteiger charge is -2.34. The van der Waals surface area contributed by atoms with E-state index in [2.05, 4.69) is 10.9 Å². The van der Waals surface area contributed by atoms with Crippen LogP contribution in [0.15, 0.2) is 17.3 Å². The van der Waals surface area contributed by atoms with Crippen LogP contribution in [-0.4, -0.2) is 71.2 Å². The van der Waals surface area contributed by atoms with Gasteiger partial charge < -0.3 is 35.4 Å². The third-order valence-corrected chi connectivity index (χ3v) is 2.51. The van der Waals surface area contributed by atoms with Crippen LogP contribution in [0, 0.1) is 12.3 Å². The Morgan fingerprint density at radius 1 is 1.55 bits per heavy atom. The van der Waals surface area contributed by atoms with E-state index in [1.165, 1.54) is 17.2 Å². The van der Waals surface area contributed by atoms with Crippen molar-refractivity contribution in [3.63, 3.8) is 0 Å². The van der Waals surface area contributed by atoms with E-state index in [0.29, 0.717) is 0 Å². The van der Waals surface area contributed by atoms with Crippen LogP contribution in [0.1, 0.15) is 0 Å². The fraction of sp³-hybridized carbons (Fsp3) is 0.583. The number of nitrogens with zero attached hydrogens (tertiary/aromatic N) is 2. The third-order valence-electron chi connectivity index (χ3n) is 2.51. The summed E-state index contributed by atoms with van der Waals surface area (Å²) >= 11 is 0. The molecule has 0 saturated heterocycles. The molecule has 1 aliphatic heterocycles. The fourth-order valence-electron chi connectivity index (χ4n) is 1.48. The lowest BCUT2D eigenvalue weighted by atomic mass is 10.3. The monoisotopic (exact) mass is 285 g/mol. The highest BCUT2D eigenvalue weighted by Gasteiger charge is 2.27. The number of amidine groups is 1. The zero-order valence-corrected chi connectivity index (χ0v) is 10.9. The Hall–Kier alpha value is -1.63. The van der Waals surface area contributed by atoms with Crippen molar-refractivity contribution in [2.45, 2.75) is 18.4 Å². The molecule has 1 aliphatic rings. The molecule has 0 aromatic rings. The smallest absolute Gasteiger partial charge is 0.161 e. The zero-order valence-electron chi connectivity index (χ0n) is 10.9. The molecule has 20 heavy (non-hydrogen) atoms. The Bertz CT molecular complexity index is 393. The highest BCUT2D eigenvalue weighted by atomic mass is 16.5. The largest absolute Gasteiger partial charge is 0.394 e. The van der Waals surface area contributed by atoms with Crippen LogP contribution >= 0.6 is 0 Å². The van der Waals surface area contributed by atoms with Crippen LogP contribution in [0.5, 0.6) is 0 Å². The van der Waals surface area contributed by atoms with Gasteiger partial charge >= 0.3 is 0 Å². The van der Waals surface area contributed by atoms with Crippen molar-refractivity contribution >= 4 is 5.84 Å². The molecular formula is C12H19N3O5. The summed E-state index contributed by atoms with van der Waals surface area (Å²) in [5.74, 6) is 2.48. The van der Waals surface area contributed by atoms with Gasteiger partial charge in [0.2, 0.25) is 0 Å². The number of hydrogen-bond acceptors (Lipinski definition) is 8. The van der Waals surface area contributed by atoms with Crippen LogP contribution in [0.3, 0.4) is 0 Å². The van der Waals surface area contributed by atoms with Gasteiger partial charge in [-0.05, 0) is 6.08 Å². The highest BCUT2D eigenvalue weighted by molar-refractivity contribution is 5.91. The summed E-state index contributed by atoms with van der Waals surface area (Å²) in [5.41, 5.74) is 5.56. The number of terminal acetylenes is 1. The molecule has 5 N–H and O–H groups in total. The minimum absolute atomic E-state index is 0.0533. The molecule has 8 nitrogen and oxygen atoms in total. The second-order valence-electron chi connectivity index (χ2n) is 3.99. The maximum absolute atomic E-state index is 9.82. The van der Waals surface area contributed by atoms with Gasteiger partial charge in [-0.3, -0.25) is 0 Å². The fourth-order valence-corrected chi connectivity index (χ4v) is 1.48. The van der Waals surface area contributed by atoms with Gasteiger partial charge in [0.05, 0.1) is 13.2 Å². The number of aliphatic imine (C=N–C) groups is 1. The van der Waals surface area contributed by atoms with Gasteiger partial charge in [0.25, 0.3) is 0 Å². The van der Waals surface area contributed by atoms with Crippen LogP contribution in [0.2, 0.25) is 0 Å². The normalized spacial score (nSPS) is 20.3. The van der Waals surface area contributed by atoms with Crippen LogP contribution in [0.4, 0.5) is 0 Å². The van der Waals surface area contributed by atoms with Gasteiger partial charge in [0.15, 0.2) is 6.23 Å². The predicted molar refractivity (Wildman–Crippen MR) is 71.1 cm³/mol. The first-order chi connectivity index (χ1) is 9.62. The number of ether oxygens (including phenoxy) is 2. The summed E-state index contributed by atoms with van der Waals surface area (Å²) in [7, 11) is 0. The van der Waals surface area contributed by atoms with Gasteiger partial charge in [-0.2, -0.15) is 0 Å². The molecule has 0 aromatic carbocycles. The van der Waals surface area contributed by atoms with E-state index >= 15 is 0 Å². The number of rotatable bonds is 6. The van der Waals surface area contributed by atoms with Crippen LogP contribution in [0.25, 0.3) is 0 Å². The highest BCUT2D eigenvalue weighted by Crippen LogP contribution is 2.12. The molecule has 3 unspecified atom stereocenters. The quantitative estimate of drug-likeness (QED) is 0.408. The Balaban J connectivity index is 2.86. The second-order valence-corrected chi connectivity index (χ2v) is 3.99. The van der Waals surface area contributed by atoms with E-state index in [-0.39, 0.29) is 19.3 Å². The molecule has 0 fully saturated rings. The van der Waals surface area contributed by atoms with Gasteiger partial charge in [-0.25, -0.2) is 4.99 Å². The summed E-state index contributed by atoms with van der Waals surface area (Å²) in [6, 6.07) is 0. The molecule has 1 heterocycles. The Labute approximate surface area is 117 Å². The first-order valence-corrected chi connectivity index (χ1v) is 5.95. The Kier molecular flexibility index (Phi) is 7.00. The van der Waals surface area contributed by atoms with Gasteiger partial charge in [0.1, 0.15) is 31.5 Å². The Morgan fingerprint density at radius 2 is 2.30 bits per heavy atom. The van der Waals surface area contributed by atoms with Crippen molar-refractivity contribution in [2.75, 3.05) is 26.7 Å². The van der Waals surface area contributed by atoms with Crippen molar-refractivity contribution in [3.05, 3.63) is 12.3 Å². The molecule has 0 amide bonds.